The minimum Gasteiger partial charge on any atom is -0.405 e. The highest BCUT2D eigenvalue weighted by atomic mass is 35.5. The van der Waals surface area contributed by atoms with Gasteiger partial charge in [0.2, 0.25) is 0 Å². The van der Waals surface area contributed by atoms with Crippen LogP contribution in [0.25, 0.3) is 0 Å². The summed E-state index contributed by atoms with van der Waals surface area (Å²) in [4.78, 5) is 14.2. The van der Waals surface area contributed by atoms with E-state index in [4.69, 9.17) is 17.3 Å². The van der Waals surface area contributed by atoms with Crippen molar-refractivity contribution in [2.45, 2.75) is 19.3 Å². The molecule has 0 aliphatic rings. The minimum absolute atomic E-state index is 0.365. The van der Waals surface area contributed by atoms with Gasteiger partial charge in [-0.1, -0.05) is 0 Å². The quantitative estimate of drug-likeness (QED) is 0.686. The number of hydrogen-bond donors (Lipinski definition) is 1. The summed E-state index contributed by atoms with van der Waals surface area (Å²) in [7, 11) is 0. The first-order valence-electron chi connectivity index (χ1n) is 4.63. The van der Waals surface area contributed by atoms with Crippen LogP contribution < -0.4 is 10.5 Å². The number of aromatic nitrogens is 1. The number of carbonyl (C=O) groups excluding carboxylic acids is 1. The van der Waals surface area contributed by atoms with Crippen LogP contribution in [0.4, 0.5) is 22.0 Å². The van der Waals surface area contributed by atoms with Gasteiger partial charge in [0.1, 0.15) is 17.1 Å². The van der Waals surface area contributed by atoms with E-state index in [0.717, 1.165) is 0 Å². The molecule has 0 bridgehead atoms. The molecule has 0 aliphatic carbocycles. The van der Waals surface area contributed by atoms with E-state index >= 15 is 0 Å². The van der Waals surface area contributed by atoms with Crippen molar-refractivity contribution in [3.63, 3.8) is 0 Å². The first-order chi connectivity index (χ1) is 8.65. The molecule has 0 unspecified atom stereocenters. The summed E-state index contributed by atoms with van der Waals surface area (Å²) in [5.74, 6) is -1.02. The molecule has 0 saturated carbocycles. The summed E-state index contributed by atoms with van der Waals surface area (Å²) in [6, 6.07) is 0.365. The van der Waals surface area contributed by atoms with Crippen molar-refractivity contribution >= 4 is 16.8 Å². The first kappa shape index (κ1) is 15.6. The van der Waals surface area contributed by atoms with Gasteiger partial charge in [-0.05, 0) is 11.6 Å². The third kappa shape index (κ3) is 4.00. The Kier molecular flexibility index (Phi) is 4.64. The Morgan fingerprint density at radius 3 is 2.42 bits per heavy atom. The topological polar surface area (TPSA) is 65.2 Å². The molecule has 0 aromatic carbocycles. The lowest BCUT2D eigenvalue weighted by atomic mass is 10.1. The molecule has 0 atom stereocenters. The van der Waals surface area contributed by atoms with Crippen LogP contribution >= 0.6 is 11.6 Å². The fourth-order valence-electron chi connectivity index (χ4n) is 1.25. The lowest BCUT2D eigenvalue weighted by Gasteiger charge is -2.15. The van der Waals surface area contributed by atoms with Crippen molar-refractivity contribution in [3.8, 4) is 5.75 Å². The fraction of sp³-hybridized carbons (Fsp3) is 0.333. The SMILES string of the molecule is NCc1c(OC(F)(F)F)cc(C(F)F)nc1C(=O)Cl. The molecular formula is C9H6ClF5N2O2. The summed E-state index contributed by atoms with van der Waals surface area (Å²) >= 11 is 5.07. The van der Waals surface area contributed by atoms with E-state index in [1.165, 1.54) is 0 Å². The lowest BCUT2D eigenvalue weighted by molar-refractivity contribution is -0.275. The molecular weight excluding hydrogens is 299 g/mol. The molecule has 0 saturated heterocycles. The number of carbonyl (C=O) groups is 1. The average Bonchev–Trinajstić information content (AvgIpc) is 2.25. The van der Waals surface area contributed by atoms with Crippen LogP contribution in [-0.2, 0) is 6.54 Å². The second-order valence-electron chi connectivity index (χ2n) is 3.20. The number of pyridine rings is 1. The van der Waals surface area contributed by atoms with Gasteiger partial charge in [-0.25, -0.2) is 13.8 Å². The number of rotatable bonds is 4. The third-order valence-electron chi connectivity index (χ3n) is 1.94. The maximum atomic E-state index is 12.5. The first-order valence-corrected chi connectivity index (χ1v) is 5.01. The smallest absolute Gasteiger partial charge is 0.405 e. The molecule has 0 spiro atoms. The molecule has 0 aliphatic heterocycles. The maximum Gasteiger partial charge on any atom is 0.573 e. The van der Waals surface area contributed by atoms with Gasteiger partial charge in [-0.2, -0.15) is 0 Å². The second kappa shape index (κ2) is 5.66. The van der Waals surface area contributed by atoms with Crippen molar-refractivity contribution in [2.24, 2.45) is 5.73 Å². The summed E-state index contributed by atoms with van der Waals surface area (Å²) in [5.41, 5.74) is 2.79. The van der Waals surface area contributed by atoms with Crippen LogP contribution in [0, 0.1) is 0 Å². The van der Waals surface area contributed by atoms with Crippen molar-refractivity contribution < 1.29 is 31.5 Å². The fourth-order valence-corrected chi connectivity index (χ4v) is 1.41. The zero-order chi connectivity index (χ0) is 14.8. The standard InChI is InChI=1S/C9H6ClF5N2O2/c10-7(18)6-3(2-16)5(19-9(13,14)15)1-4(17-6)8(11)12/h1,8H,2,16H2. The van der Waals surface area contributed by atoms with Crippen LogP contribution in [-0.4, -0.2) is 16.6 Å². The van der Waals surface area contributed by atoms with Crippen molar-refractivity contribution in [1.82, 2.24) is 4.98 Å². The van der Waals surface area contributed by atoms with Crippen LogP contribution in [0.2, 0.25) is 0 Å². The summed E-state index contributed by atoms with van der Waals surface area (Å²) in [6.45, 7) is -0.588. The van der Waals surface area contributed by atoms with Gasteiger partial charge in [0.15, 0.2) is 0 Å². The highest BCUT2D eigenvalue weighted by Gasteiger charge is 2.34. The molecule has 2 N–H and O–H groups in total. The largest absolute Gasteiger partial charge is 0.573 e. The van der Waals surface area contributed by atoms with E-state index in [1.807, 2.05) is 0 Å². The number of halogens is 6. The zero-order valence-corrected chi connectivity index (χ0v) is 9.73. The van der Waals surface area contributed by atoms with Gasteiger partial charge >= 0.3 is 6.36 Å². The van der Waals surface area contributed by atoms with Crippen LogP contribution in [0.1, 0.15) is 28.2 Å². The van der Waals surface area contributed by atoms with E-state index in [1.54, 1.807) is 0 Å². The van der Waals surface area contributed by atoms with E-state index < -0.39 is 47.3 Å². The molecule has 4 nitrogen and oxygen atoms in total. The predicted molar refractivity (Wildman–Crippen MR) is 54.0 cm³/mol. The maximum absolute atomic E-state index is 12.5. The van der Waals surface area contributed by atoms with Gasteiger partial charge in [-0.3, -0.25) is 4.79 Å². The monoisotopic (exact) mass is 304 g/mol. The van der Waals surface area contributed by atoms with Crippen molar-refractivity contribution in [1.29, 1.82) is 0 Å². The van der Waals surface area contributed by atoms with Gasteiger partial charge < -0.3 is 10.5 Å². The molecule has 1 rings (SSSR count). The summed E-state index contributed by atoms with van der Waals surface area (Å²) < 4.78 is 64.9. The molecule has 0 amide bonds. The summed E-state index contributed by atoms with van der Waals surface area (Å²) in [5, 5.41) is -1.31. The molecule has 0 radical (unpaired) electrons. The Morgan fingerprint density at radius 1 is 1.47 bits per heavy atom. The molecule has 1 aromatic rings. The molecule has 1 heterocycles. The van der Waals surface area contributed by atoms with Crippen LogP contribution in [0.5, 0.6) is 5.75 Å². The Morgan fingerprint density at radius 2 is 2.05 bits per heavy atom. The van der Waals surface area contributed by atoms with E-state index in [9.17, 15) is 26.7 Å². The van der Waals surface area contributed by atoms with E-state index in [0.29, 0.717) is 6.07 Å². The highest BCUT2D eigenvalue weighted by Crippen LogP contribution is 2.32. The average molecular weight is 305 g/mol. The molecule has 10 heteroatoms. The second-order valence-corrected chi connectivity index (χ2v) is 3.54. The zero-order valence-electron chi connectivity index (χ0n) is 8.97. The third-order valence-corrected chi connectivity index (χ3v) is 2.12. The Balaban J connectivity index is 3.44. The van der Waals surface area contributed by atoms with Gasteiger partial charge in [0, 0.05) is 18.2 Å². The van der Waals surface area contributed by atoms with Crippen LogP contribution in [0.3, 0.4) is 0 Å². The number of alkyl halides is 5. The van der Waals surface area contributed by atoms with Gasteiger partial charge in [0.05, 0.1) is 0 Å². The van der Waals surface area contributed by atoms with Crippen molar-refractivity contribution in [2.75, 3.05) is 0 Å². The molecule has 106 valence electrons. The Bertz CT molecular complexity index is 492. The number of hydrogen-bond acceptors (Lipinski definition) is 4. The van der Waals surface area contributed by atoms with E-state index in [2.05, 4.69) is 9.72 Å². The normalized spacial score (nSPS) is 11.8. The summed E-state index contributed by atoms with van der Waals surface area (Å²) in [6.07, 6.45) is -8.32. The molecule has 1 aromatic heterocycles. The van der Waals surface area contributed by atoms with Crippen LogP contribution in [0.15, 0.2) is 6.07 Å². The van der Waals surface area contributed by atoms with Gasteiger partial charge in [-0.15, -0.1) is 13.2 Å². The van der Waals surface area contributed by atoms with Gasteiger partial charge in [0.25, 0.3) is 11.7 Å². The lowest BCUT2D eigenvalue weighted by Crippen LogP contribution is -2.21. The number of ether oxygens (including phenoxy) is 1. The highest BCUT2D eigenvalue weighted by molar-refractivity contribution is 6.67. The van der Waals surface area contributed by atoms with E-state index in [-0.39, 0.29) is 0 Å². The Hall–Kier alpha value is -1.48. The Labute approximate surface area is 108 Å². The number of nitrogens with zero attached hydrogens (tertiary/aromatic N) is 1. The number of nitrogens with two attached hydrogens (primary N) is 1. The van der Waals surface area contributed by atoms with Crippen molar-refractivity contribution in [3.05, 3.63) is 23.0 Å². The molecule has 19 heavy (non-hydrogen) atoms. The predicted octanol–water partition coefficient (Wildman–Crippen LogP) is 2.76. The minimum atomic E-state index is -5.13. The molecule has 0 fully saturated rings.